The van der Waals surface area contributed by atoms with Crippen LogP contribution in [0.1, 0.15) is 46.4 Å². The Morgan fingerprint density at radius 1 is 1.18 bits per heavy atom. The van der Waals surface area contributed by atoms with E-state index in [9.17, 15) is 18.0 Å². The zero-order chi connectivity index (χ0) is 23.2. The average molecular weight is 453 g/mol. The summed E-state index contributed by atoms with van der Waals surface area (Å²) in [6.45, 7) is 2.47. The van der Waals surface area contributed by atoms with E-state index in [2.05, 4.69) is 15.3 Å². The molecule has 1 aromatic carbocycles. The van der Waals surface area contributed by atoms with Crippen LogP contribution in [0.2, 0.25) is 0 Å². The van der Waals surface area contributed by atoms with Crippen molar-refractivity contribution in [3.8, 4) is 5.82 Å². The summed E-state index contributed by atoms with van der Waals surface area (Å²) in [5.41, 5.74) is 2.08. The monoisotopic (exact) mass is 453 g/mol. The van der Waals surface area contributed by atoms with Crippen molar-refractivity contribution in [1.29, 1.82) is 0 Å². The molecule has 33 heavy (non-hydrogen) atoms. The first kappa shape index (κ1) is 21.4. The van der Waals surface area contributed by atoms with Crippen LogP contribution >= 0.6 is 0 Å². The predicted octanol–water partition coefficient (Wildman–Crippen LogP) is 4.70. The molecule has 0 bridgehead atoms. The first-order chi connectivity index (χ1) is 15.8. The van der Waals surface area contributed by atoms with Crippen molar-refractivity contribution in [2.75, 3.05) is 6.54 Å². The third-order valence-corrected chi connectivity index (χ3v) is 6.47. The summed E-state index contributed by atoms with van der Waals surface area (Å²) < 4.78 is 40.9. The van der Waals surface area contributed by atoms with Crippen LogP contribution in [0.5, 0.6) is 0 Å². The Bertz CT molecular complexity index is 1220. The number of fused-ring (bicyclic) bond motifs is 1. The molecule has 6 nitrogen and oxygen atoms in total. The summed E-state index contributed by atoms with van der Waals surface area (Å²) in [6.07, 6.45) is 2.94. The number of pyridine rings is 1. The van der Waals surface area contributed by atoms with Crippen LogP contribution in [-0.2, 0) is 6.18 Å². The average Bonchev–Trinajstić information content (AvgIpc) is 3.26. The summed E-state index contributed by atoms with van der Waals surface area (Å²) in [5.74, 6) is 0.640. The molecular formula is C24H22F3N5O. The van der Waals surface area contributed by atoms with Gasteiger partial charge in [-0.3, -0.25) is 4.79 Å². The molecule has 9 heteroatoms. The van der Waals surface area contributed by atoms with Crippen molar-refractivity contribution < 1.29 is 18.0 Å². The molecule has 1 aliphatic heterocycles. The maximum Gasteiger partial charge on any atom is 0.416 e. The Morgan fingerprint density at radius 3 is 2.79 bits per heavy atom. The molecule has 0 N–H and O–H groups in total. The normalized spacial score (nSPS) is 20.5. The van der Waals surface area contributed by atoms with Crippen molar-refractivity contribution in [3.63, 3.8) is 0 Å². The van der Waals surface area contributed by atoms with Crippen molar-refractivity contribution in [2.24, 2.45) is 5.92 Å². The fourth-order valence-corrected chi connectivity index (χ4v) is 4.69. The van der Waals surface area contributed by atoms with Crippen molar-refractivity contribution in [1.82, 2.24) is 24.9 Å². The molecule has 1 fully saturated rings. The molecule has 5 rings (SSSR count). The predicted molar refractivity (Wildman–Crippen MR) is 115 cm³/mol. The largest absolute Gasteiger partial charge is 0.416 e. The van der Waals surface area contributed by atoms with Gasteiger partial charge in [0.15, 0.2) is 5.82 Å². The van der Waals surface area contributed by atoms with Gasteiger partial charge >= 0.3 is 6.18 Å². The molecule has 2 aliphatic rings. The third-order valence-electron chi connectivity index (χ3n) is 6.47. The molecule has 0 spiro atoms. The number of alkyl halides is 3. The number of allylic oxidation sites excluding steroid dienone is 1. The number of benzene rings is 1. The first-order valence-corrected chi connectivity index (χ1v) is 10.8. The number of likely N-dealkylation sites (tertiary alicyclic amines) is 1. The van der Waals surface area contributed by atoms with E-state index < -0.39 is 11.7 Å². The quantitative estimate of drug-likeness (QED) is 0.577. The zero-order valence-corrected chi connectivity index (χ0v) is 18.0. The second kappa shape index (κ2) is 8.13. The number of aromatic nitrogens is 4. The van der Waals surface area contributed by atoms with Gasteiger partial charge in [0.1, 0.15) is 0 Å². The molecule has 2 atom stereocenters. The van der Waals surface area contributed by atoms with Crippen molar-refractivity contribution >= 4 is 11.5 Å². The molecular weight excluding hydrogens is 431 g/mol. The standard InChI is InChI=1S/C24H22F3N5O/c1-15-5-9-20(22(29-15)32-12-11-28-30-32)23(33)31-14-18-7-6-16(8-10-21(18)31)17-3-2-4-19(13-17)24(25,26)27/h2-5,8-9,11-13,18,21H,6-7,10,14H2,1H3/t18-,21-/m1/s1. The lowest BCUT2D eigenvalue weighted by Crippen LogP contribution is -2.58. The van der Waals surface area contributed by atoms with Crippen LogP contribution < -0.4 is 0 Å². The lowest BCUT2D eigenvalue weighted by atomic mass is 9.83. The fourth-order valence-electron chi connectivity index (χ4n) is 4.69. The summed E-state index contributed by atoms with van der Waals surface area (Å²) >= 11 is 0. The van der Waals surface area contributed by atoms with Gasteiger partial charge in [-0.15, -0.1) is 5.10 Å². The second-order valence-corrected chi connectivity index (χ2v) is 8.54. The minimum atomic E-state index is -4.37. The molecule has 2 aromatic heterocycles. The molecule has 3 heterocycles. The number of carbonyl (C=O) groups is 1. The van der Waals surface area contributed by atoms with Gasteiger partial charge in [0.05, 0.1) is 23.5 Å². The summed E-state index contributed by atoms with van der Waals surface area (Å²) in [5, 5.41) is 7.80. The van der Waals surface area contributed by atoms with E-state index in [0.29, 0.717) is 42.2 Å². The molecule has 1 amide bonds. The van der Waals surface area contributed by atoms with Gasteiger partial charge in [0.2, 0.25) is 0 Å². The van der Waals surface area contributed by atoms with Crippen molar-refractivity contribution in [3.05, 3.63) is 77.3 Å². The third kappa shape index (κ3) is 4.03. The molecule has 3 aromatic rings. The van der Waals surface area contributed by atoms with E-state index >= 15 is 0 Å². The topological polar surface area (TPSA) is 63.9 Å². The smallest absolute Gasteiger partial charge is 0.335 e. The van der Waals surface area contributed by atoms with Gasteiger partial charge in [-0.05, 0) is 67.5 Å². The minimum absolute atomic E-state index is 0.0192. The molecule has 0 unspecified atom stereocenters. The lowest BCUT2D eigenvalue weighted by molar-refractivity contribution is -0.137. The first-order valence-electron chi connectivity index (χ1n) is 10.8. The molecule has 0 radical (unpaired) electrons. The Kier molecular flexibility index (Phi) is 5.26. The van der Waals surface area contributed by atoms with Crippen LogP contribution in [0.3, 0.4) is 0 Å². The number of amides is 1. The zero-order valence-electron chi connectivity index (χ0n) is 18.0. The van der Waals surface area contributed by atoms with Gasteiger partial charge in [-0.2, -0.15) is 13.2 Å². The molecule has 170 valence electrons. The van der Waals surface area contributed by atoms with E-state index in [0.717, 1.165) is 23.8 Å². The Morgan fingerprint density at radius 2 is 2.03 bits per heavy atom. The highest BCUT2D eigenvalue weighted by Crippen LogP contribution is 2.40. The van der Waals surface area contributed by atoms with E-state index in [4.69, 9.17) is 0 Å². The van der Waals surface area contributed by atoms with E-state index in [-0.39, 0.29) is 11.9 Å². The van der Waals surface area contributed by atoms with E-state index in [1.807, 2.05) is 17.9 Å². The van der Waals surface area contributed by atoms with Crippen LogP contribution in [0, 0.1) is 12.8 Å². The minimum Gasteiger partial charge on any atom is -0.335 e. The summed E-state index contributed by atoms with van der Waals surface area (Å²) in [4.78, 5) is 19.7. The van der Waals surface area contributed by atoms with E-state index in [1.165, 1.54) is 23.0 Å². The summed E-state index contributed by atoms with van der Waals surface area (Å²) in [6, 6.07) is 9.05. The molecule has 0 saturated carbocycles. The van der Waals surface area contributed by atoms with Crippen LogP contribution in [-0.4, -0.2) is 43.4 Å². The second-order valence-electron chi connectivity index (χ2n) is 8.54. The highest BCUT2D eigenvalue weighted by molar-refractivity contribution is 5.98. The number of hydrogen-bond acceptors (Lipinski definition) is 4. The molecule has 1 saturated heterocycles. The SMILES string of the molecule is Cc1ccc(C(=O)N2C[C@H]3CCC(c4cccc(C(F)(F)F)c4)=CC[C@H]32)c(-n2ccnn2)n1. The summed E-state index contributed by atoms with van der Waals surface area (Å²) in [7, 11) is 0. The number of rotatable bonds is 3. The number of aryl methyl sites for hydroxylation is 1. The number of carbonyl (C=O) groups excluding carboxylic acids is 1. The number of nitrogens with zero attached hydrogens (tertiary/aromatic N) is 5. The van der Waals surface area contributed by atoms with Crippen LogP contribution in [0.4, 0.5) is 13.2 Å². The van der Waals surface area contributed by atoms with Crippen LogP contribution in [0.25, 0.3) is 11.4 Å². The van der Waals surface area contributed by atoms with Gasteiger partial charge in [-0.1, -0.05) is 23.4 Å². The maximum atomic E-state index is 13.4. The number of halogens is 3. The fraction of sp³-hybridized carbons (Fsp3) is 0.333. The van der Waals surface area contributed by atoms with Gasteiger partial charge in [0.25, 0.3) is 5.91 Å². The van der Waals surface area contributed by atoms with Crippen LogP contribution in [0.15, 0.2) is 54.9 Å². The highest BCUT2D eigenvalue weighted by Gasteiger charge is 2.43. The van der Waals surface area contributed by atoms with Gasteiger partial charge < -0.3 is 4.90 Å². The lowest BCUT2D eigenvalue weighted by Gasteiger charge is -2.47. The molecule has 1 aliphatic carbocycles. The number of hydrogen-bond donors (Lipinski definition) is 0. The maximum absolute atomic E-state index is 13.4. The Labute approximate surface area is 188 Å². The Hall–Kier alpha value is -3.49. The van der Waals surface area contributed by atoms with Gasteiger partial charge in [0, 0.05) is 18.3 Å². The van der Waals surface area contributed by atoms with Gasteiger partial charge in [-0.25, -0.2) is 9.67 Å². The van der Waals surface area contributed by atoms with E-state index in [1.54, 1.807) is 24.4 Å². The van der Waals surface area contributed by atoms with Crippen molar-refractivity contribution in [2.45, 2.75) is 38.4 Å². The Balaban J connectivity index is 1.38. The highest BCUT2D eigenvalue weighted by atomic mass is 19.4.